The minimum absolute atomic E-state index is 0. The first-order valence-electron chi connectivity index (χ1n) is 11.2. The highest BCUT2D eigenvalue weighted by Gasteiger charge is 2.24. The van der Waals surface area contributed by atoms with Crippen LogP contribution in [0, 0.1) is 24.4 Å². The Morgan fingerprint density at radius 2 is 1.54 bits per heavy atom. The van der Waals surface area contributed by atoms with Crippen LogP contribution in [0.1, 0.15) is 41.9 Å². The zero-order valence-electron chi connectivity index (χ0n) is 19.4. The van der Waals surface area contributed by atoms with E-state index >= 15 is 0 Å². The van der Waals surface area contributed by atoms with Crippen molar-refractivity contribution >= 4 is 35.6 Å². The second kappa shape index (κ2) is 11.4. The summed E-state index contributed by atoms with van der Waals surface area (Å²) >= 11 is 0. The quantitative estimate of drug-likeness (QED) is 0.430. The second-order valence-corrected chi connectivity index (χ2v) is 8.47. The maximum Gasteiger partial charge on any atom is 0.251 e. The average Bonchev–Trinajstić information content (AvgIpc) is 2.83. The van der Waals surface area contributed by atoms with E-state index in [1.54, 1.807) is 0 Å². The molecular weight excluding hydrogens is 479 g/mol. The zero-order valence-corrected chi connectivity index (χ0v) is 20.2. The molecule has 2 N–H and O–H groups in total. The van der Waals surface area contributed by atoms with Crippen LogP contribution in [0.15, 0.2) is 48.5 Å². The maximum atomic E-state index is 13.4. The van der Waals surface area contributed by atoms with Gasteiger partial charge < -0.3 is 15.5 Å². The highest BCUT2D eigenvalue weighted by Crippen LogP contribution is 2.26. The van der Waals surface area contributed by atoms with Gasteiger partial charge in [-0.25, -0.2) is 23.1 Å². The second-order valence-electron chi connectivity index (χ2n) is 8.47. The molecule has 0 unspecified atom stereocenters. The van der Waals surface area contributed by atoms with Crippen molar-refractivity contribution in [2.75, 3.05) is 17.3 Å². The van der Waals surface area contributed by atoms with Gasteiger partial charge in [0.25, 0.3) is 5.91 Å². The Balaban J connectivity index is 0.00000342. The van der Waals surface area contributed by atoms with Gasteiger partial charge in [0, 0.05) is 36.4 Å². The fourth-order valence-electron chi connectivity index (χ4n) is 4.13. The van der Waals surface area contributed by atoms with Gasteiger partial charge in [0.1, 0.15) is 17.5 Å². The molecule has 186 valence electrons. The van der Waals surface area contributed by atoms with Crippen LogP contribution in [0.5, 0.6) is 0 Å². The van der Waals surface area contributed by atoms with Crippen LogP contribution in [0.4, 0.5) is 30.5 Å². The molecule has 3 aromatic rings. The Kier molecular flexibility index (Phi) is 8.56. The molecule has 1 aliphatic carbocycles. The lowest BCUT2D eigenvalue weighted by molar-refractivity contribution is 0.0925. The first-order valence-corrected chi connectivity index (χ1v) is 11.2. The van der Waals surface area contributed by atoms with Crippen LogP contribution < -0.4 is 15.5 Å². The summed E-state index contributed by atoms with van der Waals surface area (Å²) in [6, 6.07) is 13.3. The molecule has 1 aliphatic rings. The largest absolute Gasteiger partial charge is 0.367 e. The number of hydrogen-bond donors (Lipinski definition) is 2. The van der Waals surface area contributed by atoms with Gasteiger partial charge in [-0.05, 0) is 56.9 Å². The molecule has 1 heterocycles. The summed E-state index contributed by atoms with van der Waals surface area (Å²) in [4.78, 5) is 23.4. The molecule has 4 rings (SSSR count). The molecule has 0 radical (unpaired) electrons. The molecule has 6 nitrogen and oxygen atoms in total. The molecule has 2 aromatic carbocycles. The van der Waals surface area contributed by atoms with Gasteiger partial charge >= 0.3 is 0 Å². The molecular formula is C25H27ClF3N5O. The Bertz CT molecular complexity index is 1150. The SMILES string of the molecule is Cc1nc(N[C@H]2CC[C@@H](NC(=O)c3cc(F)c(F)c(F)c3)CC2)cc(N(C)c2ccccc2)n1.Cl. The van der Waals surface area contributed by atoms with Crippen LogP contribution in [0.25, 0.3) is 0 Å². The van der Waals surface area contributed by atoms with E-state index in [1.807, 2.05) is 55.3 Å². The van der Waals surface area contributed by atoms with Crippen molar-refractivity contribution in [2.45, 2.75) is 44.7 Å². The minimum atomic E-state index is -1.58. The summed E-state index contributed by atoms with van der Waals surface area (Å²) in [6.07, 6.45) is 2.95. The molecule has 0 atom stereocenters. The Labute approximate surface area is 208 Å². The molecule has 0 bridgehead atoms. The summed E-state index contributed by atoms with van der Waals surface area (Å²) in [6.45, 7) is 1.85. The number of benzene rings is 2. The van der Waals surface area contributed by atoms with Gasteiger partial charge in [-0.2, -0.15) is 0 Å². The predicted octanol–water partition coefficient (Wildman–Crippen LogP) is 5.55. The normalized spacial score (nSPS) is 17.3. The Morgan fingerprint density at radius 3 is 2.17 bits per heavy atom. The van der Waals surface area contributed by atoms with Crippen molar-refractivity contribution in [1.82, 2.24) is 15.3 Å². The fourth-order valence-corrected chi connectivity index (χ4v) is 4.13. The van der Waals surface area contributed by atoms with Crippen LogP contribution >= 0.6 is 12.4 Å². The van der Waals surface area contributed by atoms with Crippen LogP contribution in [-0.4, -0.2) is 35.0 Å². The van der Waals surface area contributed by atoms with Gasteiger partial charge in [0.15, 0.2) is 17.5 Å². The van der Waals surface area contributed by atoms with Crippen molar-refractivity contribution in [3.8, 4) is 0 Å². The number of hydrogen-bond acceptors (Lipinski definition) is 5. The van der Waals surface area contributed by atoms with Crippen molar-refractivity contribution in [1.29, 1.82) is 0 Å². The van der Waals surface area contributed by atoms with Crippen LogP contribution in [0.2, 0.25) is 0 Å². The van der Waals surface area contributed by atoms with Gasteiger partial charge in [-0.3, -0.25) is 4.79 Å². The topological polar surface area (TPSA) is 70.2 Å². The monoisotopic (exact) mass is 505 g/mol. The van der Waals surface area contributed by atoms with Crippen molar-refractivity contribution in [2.24, 2.45) is 0 Å². The van der Waals surface area contributed by atoms with E-state index in [9.17, 15) is 18.0 Å². The van der Waals surface area contributed by atoms with Gasteiger partial charge in [-0.1, -0.05) is 18.2 Å². The number of para-hydroxylation sites is 1. The average molecular weight is 506 g/mol. The first-order chi connectivity index (χ1) is 16.3. The molecule has 10 heteroatoms. The summed E-state index contributed by atoms with van der Waals surface area (Å²) < 4.78 is 40.0. The van der Waals surface area contributed by atoms with E-state index in [-0.39, 0.29) is 30.1 Å². The number of amides is 1. The number of carbonyl (C=O) groups excluding carboxylic acids is 1. The molecule has 1 saturated carbocycles. The molecule has 1 aromatic heterocycles. The van der Waals surface area contributed by atoms with Crippen molar-refractivity contribution in [3.63, 3.8) is 0 Å². The third-order valence-corrected chi connectivity index (χ3v) is 5.97. The third kappa shape index (κ3) is 6.42. The summed E-state index contributed by atoms with van der Waals surface area (Å²) in [5.41, 5.74) is 0.784. The number of nitrogens with one attached hydrogen (secondary N) is 2. The highest BCUT2D eigenvalue weighted by molar-refractivity contribution is 5.94. The summed E-state index contributed by atoms with van der Waals surface area (Å²) in [7, 11) is 1.95. The van der Waals surface area contributed by atoms with E-state index in [1.165, 1.54) is 0 Å². The number of aryl methyl sites for hydroxylation is 1. The highest BCUT2D eigenvalue weighted by atomic mass is 35.5. The molecule has 0 aliphatic heterocycles. The van der Waals surface area contributed by atoms with E-state index in [2.05, 4.69) is 20.6 Å². The molecule has 0 saturated heterocycles. The number of nitrogens with zero attached hydrogens (tertiary/aromatic N) is 3. The predicted molar refractivity (Wildman–Crippen MR) is 132 cm³/mol. The zero-order chi connectivity index (χ0) is 24.2. The van der Waals surface area contributed by atoms with Crippen LogP contribution in [0.3, 0.4) is 0 Å². The number of carbonyl (C=O) groups is 1. The van der Waals surface area contributed by atoms with E-state index in [4.69, 9.17) is 0 Å². The molecule has 1 fully saturated rings. The van der Waals surface area contributed by atoms with Crippen LogP contribution in [-0.2, 0) is 0 Å². The van der Waals surface area contributed by atoms with Crippen molar-refractivity contribution < 1.29 is 18.0 Å². The lowest BCUT2D eigenvalue weighted by Crippen LogP contribution is -2.40. The first kappa shape index (κ1) is 26.3. The number of aromatic nitrogens is 2. The lowest BCUT2D eigenvalue weighted by Gasteiger charge is -2.30. The molecule has 0 spiro atoms. The standard InChI is InChI=1S/C25H26F3N5O.ClH/c1-15-29-22(14-23(30-15)33(2)19-6-4-3-5-7-19)31-17-8-10-18(11-9-17)32-25(34)16-12-20(26)24(28)21(27)13-16;/h3-7,12-14,17-18H,8-11H2,1-2H3,(H,32,34)(H,29,30,31);1H/t17-,18+;. The third-order valence-electron chi connectivity index (χ3n) is 5.97. The lowest BCUT2D eigenvalue weighted by atomic mass is 9.91. The maximum absolute atomic E-state index is 13.4. The Morgan fingerprint density at radius 1 is 0.943 bits per heavy atom. The van der Waals surface area contributed by atoms with E-state index in [0.717, 1.165) is 30.2 Å². The smallest absolute Gasteiger partial charge is 0.251 e. The molecule has 35 heavy (non-hydrogen) atoms. The summed E-state index contributed by atoms with van der Waals surface area (Å²) in [5, 5.41) is 6.25. The minimum Gasteiger partial charge on any atom is -0.367 e. The number of anilines is 3. The van der Waals surface area contributed by atoms with Gasteiger partial charge in [0.05, 0.1) is 0 Å². The van der Waals surface area contributed by atoms with Gasteiger partial charge in [-0.15, -0.1) is 12.4 Å². The summed E-state index contributed by atoms with van der Waals surface area (Å²) in [5.74, 6) is -2.79. The number of rotatable bonds is 6. The van der Waals surface area contributed by atoms with E-state index in [0.29, 0.717) is 30.8 Å². The van der Waals surface area contributed by atoms with Gasteiger partial charge in [0.2, 0.25) is 0 Å². The van der Waals surface area contributed by atoms with E-state index < -0.39 is 23.4 Å². The Hall–Kier alpha value is -3.33. The fraction of sp³-hybridized carbons (Fsp3) is 0.320. The van der Waals surface area contributed by atoms with Crippen molar-refractivity contribution in [3.05, 3.63) is 77.4 Å². The molecule has 1 amide bonds. The number of halogens is 4.